The highest BCUT2D eigenvalue weighted by molar-refractivity contribution is 5.78. The van der Waals surface area contributed by atoms with E-state index >= 15 is 0 Å². The first-order valence-corrected chi connectivity index (χ1v) is 6.47. The molecular weight excluding hydrogens is 244 g/mol. The Kier molecular flexibility index (Phi) is 6.05. The van der Waals surface area contributed by atoms with Crippen molar-refractivity contribution < 1.29 is 9.53 Å². The summed E-state index contributed by atoms with van der Waals surface area (Å²) >= 11 is 0. The van der Waals surface area contributed by atoms with Crippen LogP contribution in [-0.4, -0.2) is 35.6 Å². The molecule has 1 atom stereocenters. The van der Waals surface area contributed by atoms with E-state index in [0.717, 1.165) is 6.54 Å². The second-order valence-electron chi connectivity index (χ2n) is 4.67. The maximum absolute atomic E-state index is 11.7. The molecular formula is C13H22N4O2. The first-order valence-electron chi connectivity index (χ1n) is 6.47. The van der Waals surface area contributed by atoms with Gasteiger partial charge in [0, 0.05) is 6.54 Å². The summed E-state index contributed by atoms with van der Waals surface area (Å²) in [4.78, 5) is 20.1. The number of anilines is 2. The maximum atomic E-state index is 11.7. The molecule has 0 bridgehead atoms. The fourth-order valence-corrected chi connectivity index (χ4v) is 1.71. The standard InChI is InChI=1S/C13H22N4O2/c1-5-15-11-7-14-8-12(17-11)16-10(6-9(2)3)13(18)19-4/h7-10H,5-6H2,1-4H3,(H2,15,16,17). The molecule has 0 aromatic carbocycles. The number of carbonyl (C=O) groups is 1. The van der Waals surface area contributed by atoms with Crippen molar-refractivity contribution in [2.24, 2.45) is 5.92 Å². The van der Waals surface area contributed by atoms with Gasteiger partial charge < -0.3 is 15.4 Å². The topological polar surface area (TPSA) is 76.1 Å². The molecule has 0 saturated heterocycles. The van der Waals surface area contributed by atoms with Gasteiger partial charge in [0.2, 0.25) is 0 Å². The van der Waals surface area contributed by atoms with Crippen LogP contribution in [0.4, 0.5) is 11.6 Å². The molecule has 2 N–H and O–H groups in total. The van der Waals surface area contributed by atoms with Crippen LogP contribution in [0, 0.1) is 5.92 Å². The third kappa shape index (κ3) is 5.11. The summed E-state index contributed by atoms with van der Waals surface area (Å²) in [5.41, 5.74) is 0. The van der Waals surface area contributed by atoms with Crippen LogP contribution >= 0.6 is 0 Å². The molecule has 6 nitrogen and oxygen atoms in total. The van der Waals surface area contributed by atoms with E-state index in [2.05, 4.69) is 34.4 Å². The second kappa shape index (κ2) is 7.56. The van der Waals surface area contributed by atoms with Crippen LogP contribution in [0.3, 0.4) is 0 Å². The number of methoxy groups -OCH3 is 1. The zero-order valence-electron chi connectivity index (χ0n) is 11.9. The van der Waals surface area contributed by atoms with Crippen LogP contribution in [0.15, 0.2) is 12.4 Å². The number of aromatic nitrogens is 2. The van der Waals surface area contributed by atoms with Gasteiger partial charge in [0.1, 0.15) is 17.7 Å². The predicted octanol–water partition coefficient (Wildman–Crippen LogP) is 1.91. The van der Waals surface area contributed by atoms with Gasteiger partial charge in [0.15, 0.2) is 0 Å². The molecule has 0 aliphatic rings. The van der Waals surface area contributed by atoms with Crippen molar-refractivity contribution >= 4 is 17.6 Å². The lowest BCUT2D eigenvalue weighted by molar-refractivity contribution is -0.141. The SMILES string of the molecule is CCNc1cncc(NC(CC(C)C)C(=O)OC)n1. The summed E-state index contributed by atoms with van der Waals surface area (Å²) in [7, 11) is 1.39. The summed E-state index contributed by atoms with van der Waals surface area (Å²) in [6.45, 7) is 6.86. The molecule has 1 aromatic heterocycles. The lowest BCUT2D eigenvalue weighted by Gasteiger charge is -2.18. The normalized spacial score (nSPS) is 12.1. The Bertz CT molecular complexity index is 409. The summed E-state index contributed by atoms with van der Waals surface area (Å²) in [6.07, 6.45) is 3.92. The first-order chi connectivity index (χ1) is 9.06. The van der Waals surface area contributed by atoms with E-state index in [9.17, 15) is 4.79 Å². The van der Waals surface area contributed by atoms with E-state index < -0.39 is 6.04 Å². The molecule has 19 heavy (non-hydrogen) atoms. The van der Waals surface area contributed by atoms with Crippen molar-refractivity contribution in [2.75, 3.05) is 24.3 Å². The number of hydrogen-bond acceptors (Lipinski definition) is 6. The van der Waals surface area contributed by atoms with Crippen LogP contribution in [0.2, 0.25) is 0 Å². The summed E-state index contributed by atoms with van der Waals surface area (Å²) < 4.78 is 4.80. The Balaban J connectivity index is 2.77. The third-order valence-corrected chi connectivity index (χ3v) is 2.51. The van der Waals surface area contributed by atoms with Crippen molar-refractivity contribution in [1.29, 1.82) is 0 Å². The summed E-state index contributed by atoms with van der Waals surface area (Å²) in [5.74, 6) is 1.33. The fraction of sp³-hybridized carbons (Fsp3) is 0.615. The summed E-state index contributed by atoms with van der Waals surface area (Å²) in [6, 6.07) is -0.406. The first kappa shape index (κ1) is 15.2. The van der Waals surface area contributed by atoms with Gasteiger partial charge in [-0.15, -0.1) is 0 Å². The molecule has 0 fully saturated rings. The molecule has 1 rings (SSSR count). The van der Waals surface area contributed by atoms with E-state index in [4.69, 9.17) is 4.74 Å². The highest BCUT2D eigenvalue weighted by Crippen LogP contribution is 2.13. The van der Waals surface area contributed by atoms with Gasteiger partial charge in [0.05, 0.1) is 19.5 Å². The number of hydrogen-bond donors (Lipinski definition) is 2. The number of carbonyl (C=O) groups excluding carboxylic acids is 1. The molecule has 1 unspecified atom stereocenters. The van der Waals surface area contributed by atoms with E-state index in [-0.39, 0.29) is 5.97 Å². The lowest BCUT2D eigenvalue weighted by Crippen LogP contribution is -2.32. The minimum atomic E-state index is -0.406. The largest absolute Gasteiger partial charge is 0.467 e. The van der Waals surface area contributed by atoms with E-state index in [0.29, 0.717) is 24.0 Å². The highest BCUT2D eigenvalue weighted by atomic mass is 16.5. The number of nitrogens with zero attached hydrogens (tertiary/aromatic N) is 2. The zero-order valence-corrected chi connectivity index (χ0v) is 11.9. The van der Waals surface area contributed by atoms with Crippen LogP contribution in [0.25, 0.3) is 0 Å². The van der Waals surface area contributed by atoms with Crippen molar-refractivity contribution in [1.82, 2.24) is 9.97 Å². The average Bonchev–Trinajstić information content (AvgIpc) is 2.37. The van der Waals surface area contributed by atoms with Crippen LogP contribution < -0.4 is 10.6 Å². The second-order valence-corrected chi connectivity index (χ2v) is 4.67. The predicted molar refractivity (Wildman–Crippen MR) is 75.1 cm³/mol. The highest BCUT2D eigenvalue weighted by Gasteiger charge is 2.20. The number of rotatable bonds is 7. The van der Waals surface area contributed by atoms with Crippen molar-refractivity contribution in [3.05, 3.63) is 12.4 Å². The lowest BCUT2D eigenvalue weighted by atomic mass is 10.0. The fourth-order valence-electron chi connectivity index (χ4n) is 1.71. The Labute approximate surface area is 114 Å². The van der Waals surface area contributed by atoms with Crippen LogP contribution in [-0.2, 0) is 9.53 Å². The molecule has 0 radical (unpaired) electrons. The number of esters is 1. The monoisotopic (exact) mass is 266 g/mol. The van der Waals surface area contributed by atoms with Crippen LogP contribution in [0.5, 0.6) is 0 Å². The summed E-state index contributed by atoms with van der Waals surface area (Å²) in [5, 5.41) is 6.15. The molecule has 0 aliphatic heterocycles. The van der Waals surface area contributed by atoms with Gasteiger partial charge in [-0.3, -0.25) is 4.98 Å². The Morgan fingerprint density at radius 3 is 2.63 bits per heavy atom. The molecule has 0 spiro atoms. The van der Waals surface area contributed by atoms with Gasteiger partial charge in [-0.2, -0.15) is 0 Å². The third-order valence-electron chi connectivity index (χ3n) is 2.51. The van der Waals surface area contributed by atoms with E-state index in [1.54, 1.807) is 12.4 Å². The maximum Gasteiger partial charge on any atom is 0.328 e. The van der Waals surface area contributed by atoms with Crippen molar-refractivity contribution in [3.63, 3.8) is 0 Å². The van der Waals surface area contributed by atoms with Crippen molar-refractivity contribution in [2.45, 2.75) is 33.2 Å². The van der Waals surface area contributed by atoms with Gasteiger partial charge in [-0.1, -0.05) is 13.8 Å². The molecule has 0 aliphatic carbocycles. The minimum Gasteiger partial charge on any atom is -0.467 e. The molecule has 106 valence electrons. The van der Waals surface area contributed by atoms with Gasteiger partial charge in [0.25, 0.3) is 0 Å². The molecule has 1 heterocycles. The Hall–Kier alpha value is -1.85. The molecule has 0 amide bonds. The minimum absolute atomic E-state index is 0.288. The number of ether oxygens (including phenoxy) is 1. The van der Waals surface area contributed by atoms with E-state index in [1.165, 1.54) is 7.11 Å². The molecule has 6 heteroatoms. The smallest absolute Gasteiger partial charge is 0.328 e. The molecule has 1 aromatic rings. The molecule has 0 saturated carbocycles. The Morgan fingerprint density at radius 2 is 2.05 bits per heavy atom. The zero-order chi connectivity index (χ0) is 14.3. The average molecular weight is 266 g/mol. The van der Waals surface area contributed by atoms with Gasteiger partial charge >= 0.3 is 5.97 Å². The van der Waals surface area contributed by atoms with Crippen molar-refractivity contribution in [3.8, 4) is 0 Å². The van der Waals surface area contributed by atoms with E-state index in [1.807, 2.05) is 6.92 Å². The van der Waals surface area contributed by atoms with Gasteiger partial charge in [-0.25, -0.2) is 9.78 Å². The Morgan fingerprint density at radius 1 is 1.37 bits per heavy atom. The number of nitrogens with one attached hydrogen (secondary N) is 2. The quantitative estimate of drug-likeness (QED) is 0.734. The van der Waals surface area contributed by atoms with Crippen LogP contribution in [0.1, 0.15) is 27.2 Å². The van der Waals surface area contributed by atoms with Gasteiger partial charge in [-0.05, 0) is 19.3 Å².